The van der Waals surface area contributed by atoms with Crippen LogP contribution in [-0.2, 0) is 16.1 Å². The molecule has 4 atom stereocenters. The molecule has 6 nitrogen and oxygen atoms in total. The van der Waals surface area contributed by atoms with Gasteiger partial charge in [-0.1, -0.05) is 18.2 Å². The lowest BCUT2D eigenvalue weighted by Gasteiger charge is -2.29. The third-order valence-corrected chi connectivity index (χ3v) is 6.82. The van der Waals surface area contributed by atoms with Crippen LogP contribution in [0.5, 0.6) is 0 Å². The Balaban J connectivity index is 1.50. The molecule has 3 saturated heterocycles. The number of imide groups is 1. The largest absolute Gasteiger partial charge is 0.384 e. The fraction of sp³-hybridized carbons (Fsp3) is 0.348. The molecule has 0 spiro atoms. The van der Waals surface area contributed by atoms with Gasteiger partial charge in [-0.15, -0.1) is 0 Å². The van der Waals surface area contributed by atoms with Crippen molar-refractivity contribution in [2.24, 2.45) is 17.6 Å². The Labute approximate surface area is 178 Å². The van der Waals surface area contributed by atoms with E-state index in [4.69, 9.17) is 11.1 Å². The molecule has 8 heteroatoms. The van der Waals surface area contributed by atoms with Gasteiger partial charge in [0.15, 0.2) is 0 Å². The van der Waals surface area contributed by atoms with E-state index < -0.39 is 23.7 Å². The summed E-state index contributed by atoms with van der Waals surface area (Å²) in [6, 6.07) is 9.79. The molecular formula is C23H22F2N4O2. The zero-order valence-corrected chi connectivity index (χ0v) is 16.7. The van der Waals surface area contributed by atoms with Crippen LogP contribution in [0, 0.1) is 28.9 Å². The summed E-state index contributed by atoms with van der Waals surface area (Å²) < 4.78 is 27.8. The number of nitrogens with two attached hydrogens (primary N) is 1. The van der Waals surface area contributed by atoms with Gasteiger partial charge in [-0.3, -0.25) is 24.8 Å². The number of likely N-dealkylation sites (tertiary alicyclic amines) is 1. The lowest BCUT2D eigenvalue weighted by atomic mass is 9.85. The number of benzene rings is 2. The number of nitrogen functional groups attached to an aromatic ring is 1. The molecule has 0 unspecified atom stereocenters. The SMILES string of the molecule is N=C(N)c1ccc([C@@H]2[C@@H]3C(=O)N(Cc4ccc(F)cc4)C(=O)[C@@H]3[C@H]3CCCN32)cc1F. The van der Waals surface area contributed by atoms with Crippen LogP contribution >= 0.6 is 0 Å². The average molecular weight is 424 g/mol. The van der Waals surface area contributed by atoms with Crippen LogP contribution in [0.4, 0.5) is 8.78 Å². The van der Waals surface area contributed by atoms with Gasteiger partial charge < -0.3 is 5.73 Å². The Morgan fingerprint density at radius 1 is 1.06 bits per heavy atom. The van der Waals surface area contributed by atoms with Crippen LogP contribution < -0.4 is 5.73 Å². The van der Waals surface area contributed by atoms with Crippen molar-refractivity contribution in [3.63, 3.8) is 0 Å². The molecule has 3 aliphatic rings. The van der Waals surface area contributed by atoms with Gasteiger partial charge in [0, 0.05) is 12.1 Å². The summed E-state index contributed by atoms with van der Waals surface area (Å²) in [5.74, 6) is -2.86. The Hall–Kier alpha value is -3.13. The summed E-state index contributed by atoms with van der Waals surface area (Å²) >= 11 is 0. The second kappa shape index (κ2) is 7.23. The summed E-state index contributed by atoms with van der Waals surface area (Å²) in [4.78, 5) is 30.1. The zero-order valence-electron chi connectivity index (χ0n) is 16.7. The number of carbonyl (C=O) groups is 2. The van der Waals surface area contributed by atoms with Crippen molar-refractivity contribution in [1.82, 2.24) is 9.80 Å². The number of amides is 2. The van der Waals surface area contributed by atoms with Gasteiger partial charge in [0.2, 0.25) is 11.8 Å². The standard InChI is InChI=1S/C23H22F2N4O2/c24-14-6-3-12(4-7-14)11-29-22(30)18-17-2-1-9-28(17)20(19(18)23(29)31)13-5-8-15(21(26)27)16(25)10-13/h3-8,10,17-20H,1-2,9,11H2,(H3,26,27)/t17-,18-,19-,20-/m1/s1. The molecule has 3 heterocycles. The van der Waals surface area contributed by atoms with Gasteiger partial charge in [-0.05, 0) is 54.8 Å². The number of halogens is 2. The highest BCUT2D eigenvalue weighted by Crippen LogP contribution is 2.53. The van der Waals surface area contributed by atoms with Crippen molar-refractivity contribution in [2.75, 3.05) is 6.54 Å². The highest BCUT2D eigenvalue weighted by Gasteiger charge is 2.62. The fourth-order valence-electron chi connectivity index (χ4n) is 5.52. The molecule has 0 saturated carbocycles. The van der Waals surface area contributed by atoms with E-state index in [0.29, 0.717) is 11.1 Å². The molecular weight excluding hydrogens is 402 g/mol. The number of nitrogens with one attached hydrogen (secondary N) is 1. The normalized spacial score (nSPS) is 27.6. The molecule has 2 amide bonds. The van der Waals surface area contributed by atoms with E-state index in [1.165, 1.54) is 29.2 Å². The van der Waals surface area contributed by atoms with Gasteiger partial charge in [0.25, 0.3) is 0 Å². The Morgan fingerprint density at radius 2 is 1.77 bits per heavy atom. The molecule has 5 rings (SSSR count). The lowest BCUT2D eigenvalue weighted by molar-refractivity contribution is -0.142. The van der Waals surface area contributed by atoms with Gasteiger partial charge in [0.05, 0.1) is 23.9 Å². The minimum atomic E-state index is -0.607. The van der Waals surface area contributed by atoms with E-state index in [-0.39, 0.29) is 41.6 Å². The number of fused-ring (bicyclic) bond motifs is 3. The van der Waals surface area contributed by atoms with Crippen molar-refractivity contribution in [3.05, 3.63) is 70.8 Å². The van der Waals surface area contributed by atoms with Gasteiger partial charge in [0.1, 0.15) is 17.5 Å². The summed E-state index contributed by atoms with van der Waals surface area (Å²) in [6.07, 6.45) is 1.73. The molecule has 2 aromatic carbocycles. The van der Waals surface area contributed by atoms with Crippen LogP contribution in [0.25, 0.3) is 0 Å². The summed E-state index contributed by atoms with van der Waals surface area (Å²) in [5, 5.41) is 7.50. The third kappa shape index (κ3) is 3.05. The summed E-state index contributed by atoms with van der Waals surface area (Å²) in [6.45, 7) is 0.846. The van der Waals surface area contributed by atoms with Crippen molar-refractivity contribution in [1.29, 1.82) is 5.41 Å². The van der Waals surface area contributed by atoms with Crippen LogP contribution in [0.3, 0.4) is 0 Å². The first-order valence-electron chi connectivity index (χ1n) is 10.4. The molecule has 2 aromatic rings. The van der Waals surface area contributed by atoms with Gasteiger partial charge in [-0.2, -0.15) is 0 Å². The summed E-state index contributed by atoms with van der Waals surface area (Å²) in [5.41, 5.74) is 6.75. The number of rotatable bonds is 4. The molecule has 3 aliphatic heterocycles. The van der Waals surface area contributed by atoms with Crippen LogP contribution in [0.2, 0.25) is 0 Å². The molecule has 3 N–H and O–H groups in total. The average Bonchev–Trinajstić information content (AvgIpc) is 3.37. The maximum absolute atomic E-state index is 14.6. The van der Waals surface area contributed by atoms with Gasteiger partial charge >= 0.3 is 0 Å². The minimum Gasteiger partial charge on any atom is -0.384 e. The lowest BCUT2D eigenvalue weighted by Crippen LogP contribution is -2.38. The number of carbonyl (C=O) groups excluding carboxylic acids is 2. The van der Waals surface area contributed by atoms with E-state index >= 15 is 0 Å². The quantitative estimate of drug-likeness (QED) is 0.448. The van der Waals surface area contributed by atoms with E-state index in [1.54, 1.807) is 18.2 Å². The first-order chi connectivity index (χ1) is 14.9. The van der Waals surface area contributed by atoms with E-state index in [0.717, 1.165) is 19.4 Å². The third-order valence-electron chi connectivity index (χ3n) is 6.82. The second-order valence-corrected chi connectivity index (χ2v) is 8.49. The number of hydrogen-bond acceptors (Lipinski definition) is 4. The van der Waals surface area contributed by atoms with Crippen LogP contribution in [-0.4, -0.2) is 40.0 Å². The molecule has 160 valence electrons. The maximum Gasteiger partial charge on any atom is 0.235 e. The molecule has 0 aromatic heterocycles. The predicted molar refractivity (Wildman–Crippen MR) is 109 cm³/mol. The Bertz CT molecular complexity index is 1090. The van der Waals surface area contributed by atoms with E-state index in [1.807, 2.05) is 0 Å². The molecule has 31 heavy (non-hydrogen) atoms. The number of amidine groups is 1. The Kier molecular flexibility index (Phi) is 4.62. The topological polar surface area (TPSA) is 90.5 Å². The molecule has 0 bridgehead atoms. The smallest absolute Gasteiger partial charge is 0.235 e. The first-order valence-corrected chi connectivity index (χ1v) is 10.4. The highest BCUT2D eigenvalue weighted by atomic mass is 19.1. The predicted octanol–water partition coefficient (Wildman–Crippen LogP) is 2.57. The van der Waals surface area contributed by atoms with Crippen LogP contribution in [0.15, 0.2) is 42.5 Å². The highest BCUT2D eigenvalue weighted by molar-refractivity contribution is 6.06. The zero-order chi connectivity index (χ0) is 21.9. The van der Waals surface area contributed by atoms with E-state index in [2.05, 4.69) is 4.90 Å². The van der Waals surface area contributed by atoms with Crippen molar-refractivity contribution in [3.8, 4) is 0 Å². The van der Waals surface area contributed by atoms with Crippen LogP contribution in [0.1, 0.15) is 35.6 Å². The monoisotopic (exact) mass is 424 g/mol. The molecule has 0 aliphatic carbocycles. The number of hydrogen-bond donors (Lipinski definition) is 2. The molecule has 0 radical (unpaired) electrons. The van der Waals surface area contributed by atoms with E-state index in [9.17, 15) is 18.4 Å². The fourth-order valence-corrected chi connectivity index (χ4v) is 5.52. The second-order valence-electron chi connectivity index (χ2n) is 8.49. The van der Waals surface area contributed by atoms with Crippen molar-refractivity contribution < 1.29 is 18.4 Å². The first kappa shape index (κ1) is 19.8. The Morgan fingerprint density at radius 3 is 2.45 bits per heavy atom. The number of nitrogens with zero attached hydrogens (tertiary/aromatic N) is 2. The van der Waals surface area contributed by atoms with Gasteiger partial charge in [-0.25, -0.2) is 8.78 Å². The minimum absolute atomic E-state index is 0.0167. The summed E-state index contributed by atoms with van der Waals surface area (Å²) in [7, 11) is 0. The molecule has 3 fully saturated rings. The van der Waals surface area contributed by atoms with Crippen molar-refractivity contribution in [2.45, 2.75) is 31.5 Å². The maximum atomic E-state index is 14.6. The van der Waals surface area contributed by atoms with Crippen molar-refractivity contribution >= 4 is 17.6 Å².